The minimum Gasteiger partial charge on any atom is -1.00 e. The molecule has 0 fully saturated rings. The van der Waals surface area contributed by atoms with E-state index in [-0.39, 0.29) is 31.0 Å². The van der Waals surface area contributed by atoms with Crippen molar-refractivity contribution in [2.75, 3.05) is 0 Å². The van der Waals surface area contributed by atoms with Crippen molar-refractivity contribution in [3.63, 3.8) is 0 Å². The van der Waals surface area contributed by atoms with E-state index < -0.39 is 0 Å². The molecule has 0 bridgehead atoms. The molecule has 0 N–H and O–H groups in total. The van der Waals surface area contributed by atoms with Gasteiger partial charge in [-0.05, 0) is 25.0 Å². The topological polar surface area (TPSA) is 0 Å². The van der Waals surface area contributed by atoms with Gasteiger partial charge in [-0.15, -0.1) is 0 Å². The van der Waals surface area contributed by atoms with E-state index in [1.807, 2.05) is 26.0 Å². The first kappa shape index (κ1) is 12.7. The van der Waals surface area contributed by atoms with Crippen LogP contribution in [0.25, 0.3) is 12.2 Å². The molecule has 0 aliphatic carbocycles. The monoisotopic (exact) mass is 182 g/mol. The van der Waals surface area contributed by atoms with Crippen molar-refractivity contribution in [1.82, 2.24) is 0 Å². The van der Waals surface area contributed by atoms with Crippen molar-refractivity contribution < 1.29 is 31.0 Å². The van der Waals surface area contributed by atoms with Gasteiger partial charge in [0.1, 0.15) is 0 Å². The zero-order valence-electron chi connectivity index (χ0n) is 9.62. The van der Waals surface area contributed by atoms with Crippen LogP contribution in [0.5, 0.6) is 0 Å². The Labute approximate surface area is 104 Å². The molecule has 0 nitrogen and oxygen atoms in total. The maximum atomic E-state index is 2.12. The van der Waals surface area contributed by atoms with E-state index in [9.17, 15) is 0 Å². The van der Waals surface area contributed by atoms with Crippen molar-refractivity contribution >= 4 is 12.2 Å². The summed E-state index contributed by atoms with van der Waals surface area (Å²) in [6.45, 7) is 4.06. The fourth-order valence-electron chi connectivity index (χ4n) is 1.10. The zero-order valence-corrected chi connectivity index (χ0v) is 10.6. The van der Waals surface area contributed by atoms with Crippen LogP contribution in [-0.4, -0.2) is 0 Å². The predicted molar refractivity (Wildman–Crippen MR) is 57.0 cm³/mol. The summed E-state index contributed by atoms with van der Waals surface area (Å²) in [4.78, 5) is 0. The summed E-state index contributed by atoms with van der Waals surface area (Å²) in [7, 11) is 0. The Bertz CT molecular complexity index is 255. The van der Waals surface area contributed by atoms with Gasteiger partial charge in [0, 0.05) is 0 Å². The van der Waals surface area contributed by atoms with Gasteiger partial charge in [-0.1, -0.05) is 48.6 Å². The van der Waals surface area contributed by atoms with Gasteiger partial charge in [-0.3, -0.25) is 0 Å². The summed E-state index contributed by atoms with van der Waals surface area (Å²) in [5, 5.41) is 0. The molecule has 1 rings (SSSR count). The van der Waals surface area contributed by atoms with Gasteiger partial charge in [0.25, 0.3) is 0 Å². The molecule has 0 aliphatic rings. The summed E-state index contributed by atoms with van der Waals surface area (Å²) < 4.78 is 0. The predicted octanol–water partition coefficient (Wildman–Crippen LogP) is 0.869. The van der Waals surface area contributed by atoms with Gasteiger partial charge < -0.3 is 1.43 Å². The molecule has 1 aromatic rings. The number of benzene rings is 1. The molecule has 64 valence electrons. The van der Waals surface area contributed by atoms with Crippen LogP contribution in [0.3, 0.4) is 0 Å². The van der Waals surface area contributed by atoms with Gasteiger partial charge in [-0.2, -0.15) is 0 Å². The van der Waals surface area contributed by atoms with Crippen molar-refractivity contribution in [2.24, 2.45) is 0 Å². The molecule has 1 aromatic carbocycles. The quantitative estimate of drug-likeness (QED) is 0.595. The fourth-order valence-corrected chi connectivity index (χ4v) is 1.10. The van der Waals surface area contributed by atoms with Crippen LogP contribution >= 0.6 is 0 Å². The standard InChI is InChI=1S/C12H14.Na.H/c1-3-5-11-7-9-12(6-4-2)10-8-11;;/h3-10H,1-2H3;;/q;+1;-1/b5-3+,6-4+;;. The van der Waals surface area contributed by atoms with Crippen LogP contribution in [0.15, 0.2) is 36.4 Å². The molecule has 0 spiro atoms. The Hall–Kier alpha value is -0.300. The van der Waals surface area contributed by atoms with E-state index in [4.69, 9.17) is 0 Å². The average molecular weight is 182 g/mol. The molecular weight excluding hydrogens is 167 g/mol. The molecule has 0 saturated carbocycles. The first-order valence-electron chi connectivity index (χ1n) is 4.22. The van der Waals surface area contributed by atoms with Gasteiger partial charge >= 0.3 is 29.6 Å². The van der Waals surface area contributed by atoms with Crippen LogP contribution in [0.2, 0.25) is 0 Å². The van der Waals surface area contributed by atoms with Gasteiger partial charge in [0.2, 0.25) is 0 Å². The second-order valence-corrected chi connectivity index (χ2v) is 2.67. The normalized spacial score (nSPS) is 10.6. The third kappa shape index (κ3) is 4.47. The molecule has 0 aliphatic heterocycles. The van der Waals surface area contributed by atoms with E-state index in [1.165, 1.54) is 11.1 Å². The molecular formula is C12H15Na. The average Bonchev–Trinajstić information content (AvgIpc) is 2.09. The van der Waals surface area contributed by atoms with Crippen molar-refractivity contribution in [3.05, 3.63) is 47.5 Å². The second kappa shape index (κ2) is 7.14. The Morgan fingerprint density at radius 2 is 1.15 bits per heavy atom. The Morgan fingerprint density at radius 1 is 0.846 bits per heavy atom. The number of allylic oxidation sites excluding steroid dienone is 2. The number of rotatable bonds is 2. The Morgan fingerprint density at radius 3 is 1.38 bits per heavy atom. The first-order valence-corrected chi connectivity index (χ1v) is 4.22. The number of hydrogen-bond acceptors (Lipinski definition) is 0. The third-order valence-corrected chi connectivity index (χ3v) is 1.65. The molecule has 0 heterocycles. The fraction of sp³-hybridized carbons (Fsp3) is 0.167. The molecule has 1 heteroatoms. The summed E-state index contributed by atoms with van der Waals surface area (Å²) in [5.41, 5.74) is 2.51. The summed E-state index contributed by atoms with van der Waals surface area (Å²) in [6, 6.07) is 8.48. The van der Waals surface area contributed by atoms with Crippen LogP contribution in [0, 0.1) is 0 Å². The molecule has 0 aromatic heterocycles. The molecule has 13 heavy (non-hydrogen) atoms. The van der Waals surface area contributed by atoms with Crippen molar-refractivity contribution in [2.45, 2.75) is 13.8 Å². The van der Waals surface area contributed by atoms with Crippen LogP contribution in [-0.2, 0) is 0 Å². The van der Waals surface area contributed by atoms with E-state index in [0.29, 0.717) is 0 Å². The van der Waals surface area contributed by atoms with E-state index in [2.05, 4.69) is 36.4 Å². The SMILES string of the molecule is C/C=C/c1ccc(/C=C/C)cc1.[H-].[Na+]. The first-order chi connectivity index (χ1) is 5.86. The molecule has 0 radical (unpaired) electrons. The summed E-state index contributed by atoms with van der Waals surface area (Å²) in [6.07, 6.45) is 8.29. The number of hydrogen-bond donors (Lipinski definition) is 0. The minimum atomic E-state index is 0. The van der Waals surface area contributed by atoms with Gasteiger partial charge in [-0.25, -0.2) is 0 Å². The summed E-state index contributed by atoms with van der Waals surface area (Å²) >= 11 is 0. The smallest absolute Gasteiger partial charge is 1.00 e. The van der Waals surface area contributed by atoms with Crippen LogP contribution in [0.1, 0.15) is 26.4 Å². The Balaban J connectivity index is 0. The second-order valence-electron chi connectivity index (χ2n) is 2.67. The molecule has 0 amide bonds. The third-order valence-electron chi connectivity index (χ3n) is 1.65. The maximum absolute atomic E-state index is 2.12. The van der Waals surface area contributed by atoms with Crippen LogP contribution in [0.4, 0.5) is 0 Å². The maximum Gasteiger partial charge on any atom is 1.00 e. The minimum absolute atomic E-state index is 0. The van der Waals surface area contributed by atoms with E-state index in [0.717, 1.165) is 0 Å². The zero-order chi connectivity index (χ0) is 8.81. The molecule has 0 atom stereocenters. The van der Waals surface area contributed by atoms with Crippen LogP contribution < -0.4 is 29.6 Å². The van der Waals surface area contributed by atoms with Gasteiger partial charge in [0.15, 0.2) is 0 Å². The molecule has 0 unspecified atom stereocenters. The van der Waals surface area contributed by atoms with Crippen molar-refractivity contribution in [1.29, 1.82) is 0 Å². The van der Waals surface area contributed by atoms with Gasteiger partial charge in [0.05, 0.1) is 0 Å². The largest absolute Gasteiger partial charge is 1.00 e. The molecule has 0 saturated heterocycles. The summed E-state index contributed by atoms with van der Waals surface area (Å²) in [5.74, 6) is 0. The van der Waals surface area contributed by atoms with Crippen molar-refractivity contribution in [3.8, 4) is 0 Å². The van der Waals surface area contributed by atoms with E-state index >= 15 is 0 Å². The van der Waals surface area contributed by atoms with E-state index in [1.54, 1.807) is 0 Å². The Kier molecular flexibility index (Phi) is 6.97.